The maximum Gasteiger partial charge on any atom is 0.161 e. The fraction of sp³-hybridized carbons (Fsp3) is 0.200. The summed E-state index contributed by atoms with van der Waals surface area (Å²) in [6.07, 6.45) is 0. The van der Waals surface area contributed by atoms with Gasteiger partial charge in [-0.05, 0) is 41.5 Å². The first-order valence-corrected chi connectivity index (χ1v) is 7.96. The predicted molar refractivity (Wildman–Crippen MR) is 89.5 cm³/mol. The van der Waals surface area contributed by atoms with Crippen LogP contribution in [0, 0.1) is 0 Å². The van der Waals surface area contributed by atoms with Gasteiger partial charge in [-0.25, -0.2) is 0 Å². The molecule has 2 aromatic carbocycles. The highest BCUT2D eigenvalue weighted by Crippen LogP contribution is 2.39. The normalized spacial score (nSPS) is 12.1. The summed E-state index contributed by atoms with van der Waals surface area (Å²) in [5.74, 6) is 1.41. The van der Waals surface area contributed by atoms with Crippen molar-refractivity contribution in [1.29, 1.82) is 0 Å². The third kappa shape index (κ3) is 3.30. The molecule has 1 atom stereocenters. The lowest BCUT2D eigenvalue weighted by atomic mass is 10.0. The van der Waals surface area contributed by atoms with Crippen molar-refractivity contribution in [2.24, 2.45) is 0 Å². The Morgan fingerprint density at radius 1 is 1.00 bits per heavy atom. The van der Waals surface area contributed by atoms with E-state index in [1.54, 1.807) is 14.2 Å². The summed E-state index contributed by atoms with van der Waals surface area (Å²) in [6.45, 7) is 0. The summed E-state index contributed by atoms with van der Waals surface area (Å²) < 4.78 is 11.6. The van der Waals surface area contributed by atoms with Crippen LogP contribution < -0.4 is 9.47 Å². The first-order chi connectivity index (χ1) is 9.56. The second-order valence-electron chi connectivity index (χ2n) is 4.14. The average Bonchev–Trinajstić information content (AvgIpc) is 2.48. The van der Waals surface area contributed by atoms with E-state index in [0.717, 1.165) is 15.6 Å². The molecular formula is C15H13Br2ClO2. The molecule has 0 saturated heterocycles. The van der Waals surface area contributed by atoms with Crippen LogP contribution in [0.3, 0.4) is 0 Å². The van der Waals surface area contributed by atoms with E-state index < -0.39 is 0 Å². The van der Waals surface area contributed by atoms with Gasteiger partial charge in [-0.1, -0.05) is 49.5 Å². The van der Waals surface area contributed by atoms with E-state index in [-0.39, 0.29) is 4.83 Å². The standard InChI is InChI=1S/C15H13Br2ClO2/c1-19-13-6-3-9(7-14(13)20-2)15(17)11-8-10(18)4-5-12(11)16/h3-8,15H,1-2H3. The zero-order valence-corrected chi connectivity index (χ0v) is 14.9. The van der Waals surface area contributed by atoms with Crippen molar-refractivity contribution in [3.8, 4) is 11.5 Å². The molecule has 0 aromatic heterocycles. The van der Waals surface area contributed by atoms with Crippen LogP contribution in [0.5, 0.6) is 11.5 Å². The van der Waals surface area contributed by atoms with Crippen LogP contribution in [0.1, 0.15) is 16.0 Å². The molecule has 2 nitrogen and oxygen atoms in total. The molecule has 0 spiro atoms. The number of hydrogen-bond acceptors (Lipinski definition) is 2. The van der Waals surface area contributed by atoms with Gasteiger partial charge in [-0.2, -0.15) is 0 Å². The summed E-state index contributed by atoms with van der Waals surface area (Å²) in [7, 11) is 3.25. The van der Waals surface area contributed by atoms with Crippen molar-refractivity contribution in [2.45, 2.75) is 4.83 Å². The Balaban J connectivity index is 2.42. The van der Waals surface area contributed by atoms with Crippen LogP contribution in [-0.2, 0) is 0 Å². The lowest BCUT2D eigenvalue weighted by Gasteiger charge is -2.15. The van der Waals surface area contributed by atoms with Gasteiger partial charge in [0, 0.05) is 9.50 Å². The van der Waals surface area contributed by atoms with E-state index in [9.17, 15) is 0 Å². The summed E-state index contributed by atoms with van der Waals surface area (Å²) in [6, 6.07) is 11.6. The molecule has 0 aliphatic heterocycles. The minimum absolute atomic E-state index is 0.00961. The van der Waals surface area contributed by atoms with Gasteiger partial charge in [0.1, 0.15) is 0 Å². The minimum Gasteiger partial charge on any atom is -0.493 e. The molecule has 106 valence electrons. The molecule has 5 heteroatoms. The largest absolute Gasteiger partial charge is 0.493 e. The molecule has 2 rings (SSSR count). The van der Waals surface area contributed by atoms with Gasteiger partial charge in [0.05, 0.1) is 19.0 Å². The molecular weight excluding hydrogens is 407 g/mol. The number of alkyl halides is 1. The molecule has 2 aromatic rings. The molecule has 0 heterocycles. The number of benzene rings is 2. The molecule has 20 heavy (non-hydrogen) atoms. The molecule has 1 unspecified atom stereocenters. The van der Waals surface area contributed by atoms with Gasteiger partial charge < -0.3 is 9.47 Å². The molecule has 0 radical (unpaired) electrons. The highest BCUT2D eigenvalue weighted by Gasteiger charge is 2.16. The Kier molecular flexibility index (Phi) is 5.35. The molecule has 0 saturated carbocycles. The Labute approximate surface area is 140 Å². The molecule has 0 fully saturated rings. The molecule has 0 aliphatic rings. The van der Waals surface area contributed by atoms with Crippen LogP contribution in [0.25, 0.3) is 0 Å². The molecule has 0 N–H and O–H groups in total. The smallest absolute Gasteiger partial charge is 0.161 e. The Hall–Kier alpha value is -0.710. The van der Waals surface area contributed by atoms with Gasteiger partial charge in [0.2, 0.25) is 0 Å². The van der Waals surface area contributed by atoms with Gasteiger partial charge in [0.25, 0.3) is 0 Å². The van der Waals surface area contributed by atoms with Crippen LogP contribution in [0.2, 0.25) is 5.02 Å². The minimum atomic E-state index is 0.00961. The lowest BCUT2D eigenvalue weighted by molar-refractivity contribution is 0.354. The molecule has 0 aliphatic carbocycles. The fourth-order valence-electron chi connectivity index (χ4n) is 1.90. The van der Waals surface area contributed by atoms with Crippen molar-refractivity contribution in [1.82, 2.24) is 0 Å². The Bertz CT molecular complexity index is 617. The van der Waals surface area contributed by atoms with Crippen LogP contribution in [-0.4, -0.2) is 14.2 Å². The topological polar surface area (TPSA) is 18.5 Å². The number of ether oxygens (including phenoxy) is 2. The Morgan fingerprint density at radius 2 is 1.70 bits per heavy atom. The predicted octanol–water partition coefficient (Wildman–Crippen LogP) is 5.60. The van der Waals surface area contributed by atoms with Gasteiger partial charge in [0.15, 0.2) is 11.5 Å². The summed E-state index contributed by atoms with van der Waals surface area (Å²) >= 11 is 13.3. The van der Waals surface area contributed by atoms with Crippen molar-refractivity contribution in [3.05, 3.63) is 57.0 Å². The zero-order chi connectivity index (χ0) is 14.7. The maximum atomic E-state index is 6.07. The highest BCUT2D eigenvalue weighted by atomic mass is 79.9. The number of hydrogen-bond donors (Lipinski definition) is 0. The Morgan fingerprint density at radius 3 is 2.35 bits per heavy atom. The summed E-state index contributed by atoms with van der Waals surface area (Å²) in [5, 5.41) is 0.702. The maximum absolute atomic E-state index is 6.07. The van der Waals surface area contributed by atoms with Gasteiger partial charge in [-0.3, -0.25) is 0 Å². The third-order valence-corrected chi connectivity index (χ3v) is 4.91. The zero-order valence-electron chi connectivity index (χ0n) is 11.0. The summed E-state index contributed by atoms with van der Waals surface area (Å²) in [4.78, 5) is 0.00961. The van der Waals surface area contributed by atoms with E-state index in [1.165, 1.54) is 0 Å². The second-order valence-corrected chi connectivity index (χ2v) is 6.35. The van der Waals surface area contributed by atoms with E-state index >= 15 is 0 Å². The first-order valence-electron chi connectivity index (χ1n) is 5.87. The van der Waals surface area contributed by atoms with Crippen molar-refractivity contribution < 1.29 is 9.47 Å². The first kappa shape index (κ1) is 15.7. The number of halogens is 3. The van der Waals surface area contributed by atoms with Crippen molar-refractivity contribution in [3.63, 3.8) is 0 Å². The second kappa shape index (κ2) is 6.83. The van der Waals surface area contributed by atoms with E-state index in [2.05, 4.69) is 31.9 Å². The lowest BCUT2D eigenvalue weighted by Crippen LogP contribution is -1.97. The van der Waals surface area contributed by atoms with Gasteiger partial charge in [-0.15, -0.1) is 0 Å². The molecule has 0 bridgehead atoms. The van der Waals surface area contributed by atoms with Crippen molar-refractivity contribution in [2.75, 3.05) is 14.2 Å². The van der Waals surface area contributed by atoms with E-state index in [1.807, 2.05) is 36.4 Å². The highest BCUT2D eigenvalue weighted by molar-refractivity contribution is 9.11. The number of rotatable bonds is 4. The fourth-order valence-corrected chi connectivity index (χ4v) is 3.53. The van der Waals surface area contributed by atoms with Crippen LogP contribution in [0.15, 0.2) is 40.9 Å². The number of methoxy groups -OCH3 is 2. The third-order valence-electron chi connectivity index (χ3n) is 2.93. The van der Waals surface area contributed by atoms with E-state index in [4.69, 9.17) is 21.1 Å². The quantitative estimate of drug-likeness (QED) is 0.599. The van der Waals surface area contributed by atoms with Gasteiger partial charge >= 0.3 is 0 Å². The van der Waals surface area contributed by atoms with Crippen LogP contribution >= 0.6 is 43.5 Å². The van der Waals surface area contributed by atoms with Crippen LogP contribution in [0.4, 0.5) is 0 Å². The summed E-state index contributed by atoms with van der Waals surface area (Å²) in [5.41, 5.74) is 2.12. The SMILES string of the molecule is COc1ccc(C(Br)c2cc(Cl)ccc2Br)cc1OC. The molecule has 0 amide bonds. The van der Waals surface area contributed by atoms with Crippen molar-refractivity contribution >= 4 is 43.5 Å². The van der Waals surface area contributed by atoms with E-state index in [0.29, 0.717) is 16.5 Å². The monoisotopic (exact) mass is 418 g/mol. The average molecular weight is 421 g/mol.